The zero-order valence-corrected chi connectivity index (χ0v) is 13.8. The average molecular weight is 341 g/mol. The monoisotopic (exact) mass is 341 g/mol. The Kier molecular flexibility index (Phi) is 4.77. The summed E-state index contributed by atoms with van der Waals surface area (Å²) < 4.78 is 10.2. The van der Waals surface area contributed by atoms with Gasteiger partial charge in [-0.25, -0.2) is 4.79 Å². The van der Waals surface area contributed by atoms with E-state index in [-0.39, 0.29) is 12.4 Å². The summed E-state index contributed by atoms with van der Waals surface area (Å²) in [6, 6.07) is 14.6. The van der Waals surface area contributed by atoms with Crippen LogP contribution in [0, 0.1) is 0 Å². The zero-order valence-electron chi connectivity index (χ0n) is 12.9. The topological polar surface area (TPSA) is 68.5 Å². The molecule has 3 aromatic rings. The highest BCUT2D eigenvalue weighted by Crippen LogP contribution is 2.36. The first-order valence-electron chi connectivity index (χ1n) is 7.40. The van der Waals surface area contributed by atoms with Gasteiger partial charge in [0, 0.05) is 4.88 Å². The first-order valence-corrected chi connectivity index (χ1v) is 8.22. The number of ether oxygens (including phenoxy) is 1. The van der Waals surface area contributed by atoms with Crippen LogP contribution in [-0.4, -0.2) is 18.5 Å². The second-order valence-corrected chi connectivity index (χ2v) is 5.92. The second kappa shape index (κ2) is 7.14. The molecule has 5 nitrogen and oxygen atoms in total. The van der Waals surface area contributed by atoms with E-state index in [1.165, 1.54) is 17.6 Å². The molecule has 0 radical (unpaired) electrons. The molecule has 0 aliphatic carbocycles. The standard InChI is InChI=1S/C18H15NO4S/c1-2-22-18(21)13-11-15(12-7-4-3-5-8-12)24-17(13)19-16(20)14-9-6-10-23-14/h3-11H,2H2,1H3,(H,19,20). The summed E-state index contributed by atoms with van der Waals surface area (Å²) in [4.78, 5) is 25.3. The van der Waals surface area contributed by atoms with Gasteiger partial charge in [-0.3, -0.25) is 4.79 Å². The lowest BCUT2D eigenvalue weighted by Gasteiger charge is -2.04. The molecule has 2 aromatic heterocycles. The molecule has 1 amide bonds. The van der Waals surface area contributed by atoms with Crippen molar-refractivity contribution in [3.05, 3.63) is 66.1 Å². The molecule has 122 valence electrons. The molecule has 0 aliphatic heterocycles. The van der Waals surface area contributed by atoms with Crippen molar-refractivity contribution in [2.24, 2.45) is 0 Å². The van der Waals surface area contributed by atoms with Crippen molar-refractivity contribution in [1.29, 1.82) is 0 Å². The van der Waals surface area contributed by atoms with Gasteiger partial charge in [-0.1, -0.05) is 30.3 Å². The van der Waals surface area contributed by atoms with Crippen LogP contribution >= 0.6 is 11.3 Å². The summed E-state index contributed by atoms with van der Waals surface area (Å²) in [6.45, 7) is 2.00. The van der Waals surface area contributed by atoms with Crippen molar-refractivity contribution in [3.8, 4) is 10.4 Å². The predicted octanol–water partition coefficient (Wildman–Crippen LogP) is 4.44. The molecule has 6 heteroatoms. The largest absolute Gasteiger partial charge is 0.462 e. The van der Waals surface area contributed by atoms with E-state index in [4.69, 9.17) is 9.15 Å². The van der Waals surface area contributed by atoms with Crippen LogP contribution in [0.25, 0.3) is 10.4 Å². The third kappa shape index (κ3) is 3.38. The summed E-state index contributed by atoms with van der Waals surface area (Å²) in [5.74, 6) is -0.697. The van der Waals surface area contributed by atoms with Gasteiger partial charge in [-0.05, 0) is 30.7 Å². The number of hydrogen-bond donors (Lipinski definition) is 1. The summed E-state index contributed by atoms with van der Waals surface area (Å²) >= 11 is 1.32. The van der Waals surface area contributed by atoms with Crippen LogP contribution in [0.3, 0.4) is 0 Å². The van der Waals surface area contributed by atoms with Gasteiger partial charge in [0.2, 0.25) is 0 Å². The highest BCUT2D eigenvalue weighted by atomic mass is 32.1. The molecule has 0 bridgehead atoms. The number of benzene rings is 1. The van der Waals surface area contributed by atoms with E-state index in [0.29, 0.717) is 10.6 Å². The normalized spacial score (nSPS) is 10.4. The molecule has 3 rings (SSSR count). The molecule has 0 saturated heterocycles. The van der Waals surface area contributed by atoms with E-state index in [1.54, 1.807) is 25.1 Å². The Morgan fingerprint density at radius 1 is 1.17 bits per heavy atom. The number of carbonyl (C=O) groups is 2. The lowest BCUT2D eigenvalue weighted by Crippen LogP contribution is -2.13. The zero-order chi connectivity index (χ0) is 16.9. The molecule has 1 N–H and O–H groups in total. The molecule has 2 heterocycles. The van der Waals surface area contributed by atoms with E-state index in [9.17, 15) is 9.59 Å². The SMILES string of the molecule is CCOC(=O)c1cc(-c2ccccc2)sc1NC(=O)c1ccco1. The van der Waals surface area contributed by atoms with Crippen molar-refractivity contribution in [1.82, 2.24) is 0 Å². The number of anilines is 1. The maximum Gasteiger partial charge on any atom is 0.341 e. The maximum absolute atomic E-state index is 12.2. The Morgan fingerprint density at radius 2 is 1.96 bits per heavy atom. The fourth-order valence-corrected chi connectivity index (χ4v) is 3.21. The minimum absolute atomic E-state index is 0.180. The van der Waals surface area contributed by atoms with Crippen molar-refractivity contribution in [2.75, 3.05) is 11.9 Å². The quantitative estimate of drug-likeness (QED) is 0.697. The van der Waals surface area contributed by atoms with Crippen molar-refractivity contribution in [2.45, 2.75) is 6.92 Å². The Balaban J connectivity index is 1.95. The van der Waals surface area contributed by atoms with Gasteiger partial charge < -0.3 is 14.5 Å². The molecule has 0 unspecified atom stereocenters. The molecule has 0 spiro atoms. The smallest absolute Gasteiger partial charge is 0.341 e. The number of thiophene rings is 1. The van der Waals surface area contributed by atoms with Gasteiger partial charge in [-0.2, -0.15) is 0 Å². The number of amides is 1. The fraction of sp³-hybridized carbons (Fsp3) is 0.111. The van der Waals surface area contributed by atoms with Gasteiger partial charge in [0.1, 0.15) is 5.00 Å². The molecule has 0 saturated carbocycles. The van der Waals surface area contributed by atoms with Crippen LogP contribution in [0.1, 0.15) is 27.8 Å². The number of rotatable bonds is 5. The minimum Gasteiger partial charge on any atom is -0.462 e. The number of esters is 1. The molecule has 0 atom stereocenters. The van der Waals surface area contributed by atoms with Crippen molar-refractivity contribution < 1.29 is 18.7 Å². The first kappa shape index (κ1) is 16.0. The molecule has 0 aliphatic rings. The first-order chi connectivity index (χ1) is 11.7. The van der Waals surface area contributed by atoms with Crippen LogP contribution in [0.4, 0.5) is 5.00 Å². The maximum atomic E-state index is 12.2. The third-order valence-electron chi connectivity index (χ3n) is 3.26. The lowest BCUT2D eigenvalue weighted by molar-refractivity contribution is 0.0528. The Hall–Kier alpha value is -2.86. The summed E-state index contributed by atoms with van der Waals surface area (Å²) in [5, 5.41) is 3.17. The van der Waals surface area contributed by atoms with E-state index in [2.05, 4.69) is 5.32 Å². The molecular formula is C18H15NO4S. The van der Waals surface area contributed by atoms with Crippen LogP contribution in [-0.2, 0) is 4.74 Å². The third-order valence-corrected chi connectivity index (χ3v) is 4.36. The van der Waals surface area contributed by atoms with Gasteiger partial charge in [0.15, 0.2) is 5.76 Å². The molecule has 0 fully saturated rings. The van der Waals surface area contributed by atoms with Gasteiger partial charge in [0.05, 0.1) is 18.4 Å². The van der Waals surface area contributed by atoms with Crippen LogP contribution in [0.15, 0.2) is 59.2 Å². The highest BCUT2D eigenvalue weighted by molar-refractivity contribution is 7.20. The number of furan rings is 1. The predicted molar refractivity (Wildman–Crippen MR) is 92.4 cm³/mol. The number of carbonyl (C=O) groups excluding carboxylic acids is 2. The number of nitrogens with one attached hydrogen (secondary N) is 1. The Labute approximate surface area is 142 Å². The van der Waals surface area contributed by atoms with Gasteiger partial charge in [-0.15, -0.1) is 11.3 Å². The fourth-order valence-electron chi connectivity index (χ4n) is 2.16. The Morgan fingerprint density at radius 3 is 2.62 bits per heavy atom. The minimum atomic E-state index is -0.467. The molecular weight excluding hydrogens is 326 g/mol. The van der Waals surface area contributed by atoms with Gasteiger partial charge in [0.25, 0.3) is 5.91 Å². The molecule has 24 heavy (non-hydrogen) atoms. The summed E-state index contributed by atoms with van der Waals surface area (Å²) in [5.41, 5.74) is 1.30. The van der Waals surface area contributed by atoms with Crippen LogP contribution in [0.2, 0.25) is 0 Å². The van der Waals surface area contributed by atoms with Crippen LogP contribution < -0.4 is 5.32 Å². The van der Waals surface area contributed by atoms with E-state index in [1.807, 2.05) is 30.3 Å². The average Bonchev–Trinajstić information content (AvgIpc) is 3.26. The second-order valence-electron chi connectivity index (χ2n) is 4.87. The van der Waals surface area contributed by atoms with Gasteiger partial charge >= 0.3 is 5.97 Å². The van der Waals surface area contributed by atoms with Crippen molar-refractivity contribution in [3.63, 3.8) is 0 Å². The highest BCUT2D eigenvalue weighted by Gasteiger charge is 2.21. The Bertz CT molecular complexity index is 837. The number of hydrogen-bond acceptors (Lipinski definition) is 5. The lowest BCUT2D eigenvalue weighted by atomic mass is 10.1. The molecule has 1 aromatic carbocycles. The van der Waals surface area contributed by atoms with Crippen LogP contribution in [0.5, 0.6) is 0 Å². The van der Waals surface area contributed by atoms with E-state index >= 15 is 0 Å². The van der Waals surface area contributed by atoms with Crippen molar-refractivity contribution >= 4 is 28.2 Å². The van der Waals surface area contributed by atoms with E-state index < -0.39 is 11.9 Å². The summed E-state index contributed by atoms with van der Waals surface area (Å²) in [6.07, 6.45) is 1.42. The summed E-state index contributed by atoms with van der Waals surface area (Å²) in [7, 11) is 0. The van der Waals surface area contributed by atoms with E-state index in [0.717, 1.165) is 10.4 Å².